The second-order valence-electron chi connectivity index (χ2n) is 9.53. The van der Waals surface area contributed by atoms with Gasteiger partial charge in [-0.05, 0) is 43.0 Å². The van der Waals surface area contributed by atoms with Crippen LogP contribution in [0.4, 0.5) is 0 Å². The number of thiophene rings is 1. The van der Waals surface area contributed by atoms with E-state index in [2.05, 4.69) is 15.3 Å². The first-order valence-corrected chi connectivity index (χ1v) is 12.2. The van der Waals surface area contributed by atoms with E-state index in [0.717, 1.165) is 50.4 Å². The van der Waals surface area contributed by atoms with Crippen molar-refractivity contribution >= 4 is 23.2 Å². The molecule has 166 valence electrons. The van der Waals surface area contributed by atoms with Gasteiger partial charge in [0, 0.05) is 64.0 Å². The fourth-order valence-electron chi connectivity index (χ4n) is 5.32. The Labute approximate surface area is 187 Å². The molecule has 8 heteroatoms. The number of carbonyl (C=O) groups is 2. The zero-order valence-electron chi connectivity index (χ0n) is 18.1. The topological polar surface area (TPSA) is 70.5 Å². The Morgan fingerprint density at radius 2 is 2.19 bits per heavy atom. The van der Waals surface area contributed by atoms with Crippen molar-refractivity contribution < 1.29 is 9.59 Å². The summed E-state index contributed by atoms with van der Waals surface area (Å²) in [6.45, 7) is 4.56. The number of rotatable bonds is 6. The van der Waals surface area contributed by atoms with Crippen molar-refractivity contribution in [2.24, 2.45) is 24.3 Å². The Balaban J connectivity index is 1.36. The van der Waals surface area contributed by atoms with Gasteiger partial charge in [0.15, 0.2) is 0 Å². The molecule has 5 rings (SSSR count). The van der Waals surface area contributed by atoms with Crippen LogP contribution in [0.1, 0.15) is 40.9 Å². The minimum Gasteiger partial charge on any atom is -0.355 e. The van der Waals surface area contributed by atoms with Crippen LogP contribution in [0.15, 0.2) is 29.9 Å². The molecule has 2 aliphatic heterocycles. The zero-order valence-corrected chi connectivity index (χ0v) is 18.9. The van der Waals surface area contributed by atoms with Gasteiger partial charge in [-0.15, -0.1) is 11.3 Å². The Hall–Kier alpha value is -2.19. The summed E-state index contributed by atoms with van der Waals surface area (Å²) in [6, 6.07) is 3.83. The van der Waals surface area contributed by atoms with Crippen molar-refractivity contribution in [3.05, 3.63) is 40.3 Å². The molecule has 0 aromatic carbocycles. The van der Waals surface area contributed by atoms with E-state index in [-0.39, 0.29) is 17.7 Å². The fourth-order valence-corrected chi connectivity index (χ4v) is 6.01. The second kappa shape index (κ2) is 8.39. The Bertz CT molecular complexity index is 938. The molecule has 1 N–H and O–H groups in total. The van der Waals surface area contributed by atoms with Gasteiger partial charge in [0.1, 0.15) is 0 Å². The standard InChI is InChI=1S/C23H31N5O2S/c1-26-12-18(11-25-26)13-27-14-19-15-28(21(29)20-4-2-9-31-20)8-3-7-23(19,16-27)22(30)24-10-17-5-6-17/h2,4,9,11-12,17,19H,3,5-8,10,13-16H2,1H3,(H,24,30)/t19-,23+/m1/s1. The summed E-state index contributed by atoms with van der Waals surface area (Å²) >= 11 is 1.49. The lowest BCUT2D eigenvalue weighted by atomic mass is 9.74. The summed E-state index contributed by atoms with van der Waals surface area (Å²) in [6.07, 6.45) is 8.11. The Morgan fingerprint density at radius 1 is 1.32 bits per heavy atom. The first-order valence-electron chi connectivity index (χ1n) is 11.3. The third-order valence-electron chi connectivity index (χ3n) is 7.14. The molecule has 31 heavy (non-hydrogen) atoms. The maximum absolute atomic E-state index is 13.5. The van der Waals surface area contributed by atoms with Gasteiger partial charge >= 0.3 is 0 Å². The normalized spacial score (nSPS) is 26.5. The maximum Gasteiger partial charge on any atom is 0.263 e. The summed E-state index contributed by atoms with van der Waals surface area (Å²) in [7, 11) is 1.93. The first kappa shape index (κ1) is 20.7. The highest BCUT2D eigenvalue weighted by atomic mass is 32.1. The summed E-state index contributed by atoms with van der Waals surface area (Å²) in [4.78, 5) is 31.8. The molecule has 0 unspecified atom stereocenters. The van der Waals surface area contributed by atoms with E-state index in [1.165, 1.54) is 29.7 Å². The molecule has 7 nitrogen and oxygen atoms in total. The lowest BCUT2D eigenvalue weighted by Gasteiger charge is -2.32. The number of aryl methyl sites for hydroxylation is 1. The van der Waals surface area contributed by atoms with Gasteiger partial charge in [-0.1, -0.05) is 6.07 Å². The van der Waals surface area contributed by atoms with Crippen molar-refractivity contribution in [1.29, 1.82) is 0 Å². The molecule has 1 saturated carbocycles. The van der Waals surface area contributed by atoms with Crippen LogP contribution in [0.5, 0.6) is 0 Å². The number of nitrogens with one attached hydrogen (secondary N) is 1. The molecule has 2 amide bonds. The lowest BCUT2D eigenvalue weighted by molar-refractivity contribution is -0.133. The average molecular weight is 442 g/mol. The minimum atomic E-state index is -0.415. The quantitative estimate of drug-likeness (QED) is 0.747. The van der Waals surface area contributed by atoms with Gasteiger partial charge in [0.2, 0.25) is 5.91 Å². The molecule has 0 spiro atoms. The van der Waals surface area contributed by atoms with Crippen molar-refractivity contribution in [2.75, 3.05) is 32.7 Å². The Kier molecular flexibility index (Phi) is 5.60. The molecule has 2 saturated heterocycles. The molecule has 2 aromatic heterocycles. The zero-order chi connectivity index (χ0) is 21.4. The molecule has 3 aliphatic rings. The number of likely N-dealkylation sites (tertiary alicyclic amines) is 2. The van der Waals surface area contributed by atoms with Gasteiger partial charge in [-0.25, -0.2) is 0 Å². The van der Waals surface area contributed by atoms with Crippen LogP contribution in [0.3, 0.4) is 0 Å². The lowest BCUT2D eigenvalue weighted by Crippen LogP contribution is -2.48. The van der Waals surface area contributed by atoms with Gasteiger partial charge in [-0.2, -0.15) is 5.10 Å². The molecular formula is C23H31N5O2S. The summed E-state index contributed by atoms with van der Waals surface area (Å²) in [5.41, 5.74) is 0.751. The molecule has 3 fully saturated rings. The summed E-state index contributed by atoms with van der Waals surface area (Å²) in [5.74, 6) is 1.11. The van der Waals surface area contributed by atoms with Crippen LogP contribution >= 0.6 is 11.3 Å². The summed E-state index contributed by atoms with van der Waals surface area (Å²) in [5, 5.41) is 9.53. The number of amides is 2. The number of aromatic nitrogens is 2. The second-order valence-corrected chi connectivity index (χ2v) is 10.5. The van der Waals surface area contributed by atoms with E-state index >= 15 is 0 Å². The highest BCUT2D eigenvalue weighted by Crippen LogP contribution is 2.44. The summed E-state index contributed by atoms with van der Waals surface area (Å²) < 4.78 is 1.82. The highest BCUT2D eigenvalue weighted by Gasteiger charge is 2.53. The number of carbonyl (C=O) groups excluding carboxylic acids is 2. The SMILES string of the molecule is Cn1cc(CN2C[C@@H]3CN(C(=O)c4cccs4)CCC[C@]3(C(=O)NCC3CC3)C2)cn1. The third-order valence-corrected chi connectivity index (χ3v) is 8.00. The maximum atomic E-state index is 13.5. The Morgan fingerprint density at radius 3 is 2.90 bits per heavy atom. The predicted octanol–water partition coefficient (Wildman–Crippen LogP) is 2.36. The highest BCUT2D eigenvalue weighted by molar-refractivity contribution is 7.12. The molecule has 0 bridgehead atoms. The van der Waals surface area contributed by atoms with E-state index in [1.54, 1.807) is 0 Å². The molecule has 0 radical (unpaired) electrons. The number of fused-ring (bicyclic) bond motifs is 1. The van der Waals surface area contributed by atoms with Crippen LogP contribution in [0.25, 0.3) is 0 Å². The fraction of sp³-hybridized carbons (Fsp3) is 0.609. The van der Waals surface area contributed by atoms with Crippen molar-refractivity contribution in [1.82, 2.24) is 24.9 Å². The molecular weight excluding hydrogens is 410 g/mol. The monoisotopic (exact) mass is 441 g/mol. The van der Waals surface area contributed by atoms with E-state index < -0.39 is 5.41 Å². The molecule has 4 heterocycles. The van der Waals surface area contributed by atoms with Gasteiger partial charge in [0.25, 0.3) is 5.91 Å². The van der Waals surface area contributed by atoms with Crippen molar-refractivity contribution in [3.63, 3.8) is 0 Å². The van der Waals surface area contributed by atoms with E-state index in [4.69, 9.17) is 0 Å². The average Bonchev–Trinajstić information content (AvgIpc) is 3.13. The minimum absolute atomic E-state index is 0.106. The number of nitrogens with zero attached hydrogens (tertiary/aromatic N) is 4. The first-order chi connectivity index (χ1) is 15.0. The number of hydrogen-bond acceptors (Lipinski definition) is 5. The third kappa shape index (κ3) is 4.28. The van der Waals surface area contributed by atoms with E-state index in [9.17, 15) is 9.59 Å². The smallest absolute Gasteiger partial charge is 0.263 e. The van der Waals surface area contributed by atoms with Gasteiger partial charge in [-0.3, -0.25) is 19.2 Å². The van der Waals surface area contributed by atoms with Gasteiger partial charge < -0.3 is 10.2 Å². The van der Waals surface area contributed by atoms with Gasteiger partial charge in [0.05, 0.1) is 16.5 Å². The van der Waals surface area contributed by atoms with Crippen molar-refractivity contribution in [2.45, 2.75) is 32.2 Å². The van der Waals surface area contributed by atoms with Crippen LogP contribution < -0.4 is 5.32 Å². The molecule has 2 atom stereocenters. The van der Waals surface area contributed by atoms with Crippen molar-refractivity contribution in [3.8, 4) is 0 Å². The van der Waals surface area contributed by atoms with E-state index in [0.29, 0.717) is 12.5 Å². The van der Waals surface area contributed by atoms with Crippen LogP contribution in [0, 0.1) is 17.3 Å². The van der Waals surface area contributed by atoms with Crippen LogP contribution in [-0.4, -0.2) is 64.1 Å². The van der Waals surface area contributed by atoms with Crippen LogP contribution in [-0.2, 0) is 18.4 Å². The molecule has 2 aromatic rings. The van der Waals surface area contributed by atoms with Crippen LogP contribution in [0.2, 0.25) is 0 Å². The predicted molar refractivity (Wildman–Crippen MR) is 120 cm³/mol. The largest absolute Gasteiger partial charge is 0.355 e. The molecule has 1 aliphatic carbocycles. The van der Waals surface area contributed by atoms with E-state index in [1.807, 2.05) is 46.5 Å². The number of hydrogen-bond donors (Lipinski definition) is 1.